The fourth-order valence-electron chi connectivity index (χ4n) is 1.77. The molecule has 1 atom stereocenters. The van der Waals surface area contributed by atoms with Gasteiger partial charge in [-0.1, -0.05) is 23.7 Å². The van der Waals surface area contributed by atoms with E-state index in [0.717, 1.165) is 14.0 Å². The lowest BCUT2D eigenvalue weighted by Gasteiger charge is -2.25. The number of rotatable bonds is 3. The number of amides is 1. The second-order valence-electron chi connectivity index (χ2n) is 4.28. The van der Waals surface area contributed by atoms with Crippen LogP contribution in [0.25, 0.3) is 0 Å². The summed E-state index contributed by atoms with van der Waals surface area (Å²) in [6.45, 7) is 2.01. The van der Waals surface area contributed by atoms with Crippen LogP contribution in [0, 0.1) is 2.88 Å². The Kier molecular flexibility index (Phi) is 4.86. The van der Waals surface area contributed by atoms with Crippen molar-refractivity contribution in [1.29, 1.82) is 0 Å². The summed E-state index contributed by atoms with van der Waals surface area (Å²) < 4.78 is 1.12. The van der Waals surface area contributed by atoms with E-state index in [2.05, 4.69) is 22.6 Å². The van der Waals surface area contributed by atoms with Crippen molar-refractivity contribution in [1.82, 2.24) is 4.90 Å². The molecule has 5 heteroatoms. The molecule has 1 amide bonds. The third kappa shape index (κ3) is 3.49. The zero-order valence-electron chi connectivity index (χ0n) is 10.6. The summed E-state index contributed by atoms with van der Waals surface area (Å²) >= 11 is 9.68. The van der Waals surface area contributed by atoms with Crippen molar-refractivity contribution in [3.8, 4) is 0 Å². The number of halogens is 2. The molecule has 2 aromatic rings. The van der Waals surface area contributed by atoms with Gasteiger partial charge in [-0.05, 0) is 53.3 Å². The molecule has 0 aliphatic carbocycles. The molecule has 0 spiro atoms. The molecule has 19 heavy (non-hydrogen) atoms. The highest BCUT2D eigenvalue weighted by Gasteiger charge is 2.19. The first-order chi connectivity index (χ1) is 8.99. The topological polar surface area (TPSA) is 20.3 Å². The first-order valence-electron chi connectivity index (χ1n) is 5.75. The minimum absolute atomic E-state index is 0.0160. The van der Waals surface area contributed by atoms with Crippen LogP contribution in [0.15, 0.2) is 35.7 Å². The van der Waals surface area contributed by atoms with Crippen LogP contribution < -0.4 is 0 Å². The molecule has 0 saturated carbocycles. The first-order valence-corrected chi connectivity index (χ1v) is 8.09. The summed E-state index contributed by atoms with van der Waals surface area (Å²) in [6.07, 6.45) is 0. The van der Waals surface area contributed by atoms with Gasteiger partial charge in [-0.15, -0.1) is 11.3 Å². The average Bonchev–Trinajstić information content (AvgIpc) is 2.84. The van der Waals surface area contributed by atoms with Crippen LogP contribution in [0.2, 0.25) is 5.02 Å². The third-order valence-corrected chi connectivity index (χ3v) is 5.11. The van der Waals surface area contributed by atoms with E-state index < -0.39 is 0 Å². The van der Waals surface area contributed by atoms with E-state index in [-0.39, 0.29) is 11.9 Å². The first kappa shape index (κ1) is 14.8. The van der Waals surface area contributed by atoms with Gasteiger partial charge in [0.25, 0.3) is 5.91 Å². The van der Waals surface area contributed by atoms with Crippen molar-refractivity contribution in [3.63, 3.8) is 0 Å². The summed E-state index contributed by atoms with van der Waals surface area (Å²) in [5, 5.41) is 2.60. The molecule has 0 N–H and O–H groups in total. The van der Waals surface area contributed by atoms with Crippen LogP contribution in [0.3, 0.4) is 0 Å². The molecule has 100 valence electrons. The van der Waals surface area contributed by atoms with Crippen LogP contribution in [0.1, 0.15) is 28.9 Å². The van der Waals surface area contributed by atoms with Crippen molar-refractivity contribution < 1.29 is 4.79 Å². The molecule has 1 unspecified atom stereocenters. The van der Waals surface area contributed by atoms with Gasteiger partial charge in [0, 0.05) is 17.5 Å². The van der Waals surface area contributed by atoms with E-state index in [1.54, 1.807) is 16.2 Å². The monoisotopic (exact) mass is 405 g/mol. The van der Waals surface area contributed by atoms with Crippen LogP contribution in [0.5, 0.6) is 0 Å². The predicted molar refractivity (Wildman–Crippen MR) is 89.0 cm³/mol. The maximum atomic E-state index is 12.3. The van der Waals surface area contributed by atoms with E-state index >= 15 is 0 Å². The Hall–Kier alpha value is -0.590. The molecule has 2 rings (SSSR count). The Morgan fingerprint density at radius 1 is 1.37 bits per heavy atom. The molecule has 1 heterocycles. The number of benzene rings is 1. The highest BCUT2D eigenvalue weighted by atomic mass is 127. The summed E-state index contributed by atoms with van der Waals surface area (Å²) in [4.78, 5) is 14.1. The fourth-order valence-corrected chi connectivity index (χ4v) is 3.21. The highest BCUT2D eigenvalue weighted by molar-refractivity contribution is 14.1. The van der Waals surface area contributed by atoms with Gasteiger partial charge >= 0.3 is 0 Å². The second-order valence-corrected chi connectivity index (χ2v) is 7.52. The number of thiophene rings is 1. The Morgan fingerprint density at radius 2 is 2.00 bits per heavy atom. The number of hydrogen-bond donors (Lipinski definition) is 0. The van der Waals surface area contributed by atoms with Crippen molar-refractivity contribution in [2.45, 2.75) is 13.0 Å². The van der Waals surface area contributed by atoms with Crippen molar-refractivity contribution in [2.75, 3.05) is 7.05 Å². The zero-order valence-corrected chi connectivity index (χ0v) is 14.3. The maximum Gasteiger partial charge on any atom is 0.254 e. The minimum Gasteiger partial charge on any atom is -0.335 e. The van der Waals surface area contributed by atoms with Gasteiger partial charge in [-0.2, -0.15) is 0 Å². The molecule has 1 aromatic carbocycles. The van der Waals surface area contributed by atoms with Crippen molar-refractivity contribution in [3.05, 3.63) is 54.7 Å². The second kappa shape index (κ2) is 6.24. The quantitative estimate of drug-likeness (QED) is 0.669. The molecule has 2 nitrogen and oxygen atoms in total. The van der Waals surface area contributed by atoms with Crippen LogP contribution in [-0.2, 0) is 0 Å². The molecule has 0 radical (unpaired) electrons. The van der Waals surface area contributed by atoms with Gasteiger partial charge in [0.05, 0.1) is 14.5 Å². The molecular formula is C14H13ClINOS. The van der Waals surface area contributed by atoms with Crippen LogP contribution in [-0.4, -0.2) is 17.9 Å². The fraction of sp³-hybridized carbons (Fsp3) is 0.214. The molecular weight excluding hydrogens is 393 g/mol. The van der Waals surface area contributed by atoms with E-state index in [1.165, 1.54) is 0 Å². The van der Waals surface area contributed by atoms with Crippen molar-refractivity contribution >= 4 is 51.4 Å². The Bertz CT molecular complexity index is 581. The molecule has 0 fully saturated rings. The number of hydrogen-bond acceptors (Lipinski definition) is 2. The lowest BCUT2D eigenvalue weighted by molar-refractivity contribution is 0.0743. The standard InChI is InChI=1S/C14H13ClINOS/c1-9(10-3-5-12(15)6-4-10)17(2)14(18)11-7-13(16)19-8-11/h3-9H,1-2H3. The Labute approximate surface area is 135 Å². The number of carbonyl (C=O) groups is 1. The summed E-state index contributed by atoms with van der Waals surface area (Å²) in [7, 11) is 1.83. The molecule has 0 aliphatic heterocycles. The van der Waals surface area contributed by atoms with Gasteiger partial charge in [-0.25, -0.2) is 0 Å². The summed E-state index contributed by atoms with van der Waals surface area (Å²) in [5.74, 6) is 0.0432. The Balaban J connectivity index is 2.16. The van der Waals surface area contributed by atoms with Crippen molar-refractivity contribution in [2.24, 2.45) is 0 Å². The molecule has 1 aromatic heterocycles. The lowest BCUT2D eigenvalue weighted by Crippen LogP contribution is -2.29. The van der Waals surface area contributed by atoms with Gasteiger partial charge in [-0.3, -0.25) is 4.79 Å². The smallest absolute Gasteiger partial charge is 0.254 e. The van der Waals surface area contributed by atoms with Crippen LogP contribution in [0.4, 0.5) is 0 Å². The maximum absolute atomic E-state index is 12.3. The Morgan fingerprint density at radius 3 is 2.53 bits per heavy atom. The van der Waals surface area contributed by atoms with E-state index in [9.17, 15) is 4.79 Å². The number of nitrogens with zero attached hydrogens (tertiary/aromatic N) is 1. The minimum atomic E-state index is 0.0160. The predicted octanol–water partition coefficient (Wildman–Crippen LogP) is 4.84. The van der Waals surface area contributed by atoms with Gasteiger partial charge in [0.1, 0.15) is 0 Å². The zero-order chi connectivity index (χ0) is 14.0. The van der Waals surface area contributed by atoms with Gasteiger partial charge < -0.3 is 4.90 Å². The lowest BCUT2D eigenvalue weighted by atomic mass is 10.1. The van der Waals surface area contributed by atoms with E-state index in [1.807, 2.05) is 49.7 Å². The van der Waals surface area contributed by atoms with Gasteiger partial charge in [0.15, 0.2) is 0 Å². The SMILES string of the molecule is CC(c1ccc(Cl)cc1)N(C)C(=O)c1csc(I)c1. The highest BCUT2D eigenvalue weighted by Crippen LogP contribution is 2.24. The molecule has 0 bridgehead atoms. The van der Waals surface area contributed by atoms with E-state index in [4.69, 9.17) is 11.6 Å². The summed E-state index contributed by atoms with van der Waals surface area (Å²) in [5.41, 5.74) is 1.82. The largest absolute Gasteiger partial charge is 0.335 e. The van der Waals surface area contributed by atoms with Crippen LogP contribution >= 0.6 is 45.5 Å². The number of carbonyl (C=O) groups excluding carboxylic acids is 1. The normalized spacial score (nSPS) is 12.2. The third-order valence-electron chi connectivity index (χ3n) is 3.07. The molecule has 0 saturated heterocycles. The molecule has 0 aliphatic rings. The average molecular weight is 406 g/mol. The summed E-state index contributed by atoms with van der Waals surface area (Å²) in [6, 6.07) is 9.53. The van der Waals surface area contributed by atoms with E-state index in [0.29, 0.717) is 5.02 Å². The van der Waals surface area contributed by atoms with Gasteiger partial charge in [0.2, 0.25) is 0 Å².